The van der Waals surface area contributed by atoms with Crippen molar-refractivity contribution in [2.24, 2.45) is 0 Å². The van der Waals surface area contributed by atoms with E-state index in [9.17, 15) is 49.7 Å². The predicted molar refractivity (Wildman–Crippen MR) is 59.7 cm³/mol. The van der Waals surface area contributed by atoms with Crippen molar-refractivity contribution < 1.29 is 49.7 Å². The fourth-order valence-corrected chi connectivity index (χ4v) is 5.90. The van der Waals surface area contributed by atoms with Crippen molar-refractivity contribution in [1.82, 2.24) is 0 Å². The third-order valence-electron chi connectivity index (χ3n) is 2.85. The van der Waals surface area contributed by atoms with Crippen LogP contribution in [-0.4, -0.2) is 19.3 Å². The van der Waals surface area contributed by atoms with Gasteiger partial charge in [0.25, 0.3) is 0 Å². The molecule has 0 heterocycles. The van der Waals surface area contributed by atoms with Crippen molar-refractivity contribution in [2.45, 2.75) is 0 Å². The third kappa shape index (κ3) is 2.73. The molecule has 0 unspecified atom stereocenters. The minimum atomic E-state index is -8.26. The molecule has 0 saturated heterocycles. The molecule has 138 valence electrons. The molecule has 0 amide bonds. The standard InChI is InChI=1S/C12F12Te/c13-1-3(15)7(19)11(8(20)4(1)16)25(23,24)12-9(21)5(17)2(14)6(18)10(12)22. The molecule has 0 aromatic heterocycles. The van der Waals surface area contributed by atoms with Crippen molar-refractivity contribution in [1.29, 1.82) is 0 Å². The molecule has 0 aliphatic carbocycles. The predicted octanol–water partition coefficient (Wildman–Crippen LogP) is 3.57. The van der Waals surface area contributed by atoms with Crippen molar-refractivity contribution in [3.63, 3.8) is 0 Å². The number of hydrogen-bond donors (Lipinski definition) is 0. The van der Waals surface area contributed by atoms with Gasteiger partial charge in [-0.1, -0.05) is 0 Å². The minimum absolute atomic E-state index is 2.84. The molecule has 0 aliphatic heterocycles. The Morgan fingerprint density at radius 2 is 0.480 bits per heavy atom. The van der Waals surface area contributed by atoms with Crippen LogP contribution in [0.15, 0.2) is 0 Å². The van der Waals surface area contributed by atoms with Crippen LogP contribution in [0.1, 0.15) is 0 Å². The molecule has 0 aliphatic rings. The van der Waals surface area contributed by atoms with E-state index in [-0.39, 0.29) is 0 Å². The maximum absolute atomic E-state index is 14.2. The molecule has 2 aromatic carbocycles. The first-order valence-corrected chi connectivity index (χ1v) is 9.70. The molecule has 2 rings (SSSR count). The quantitative estimate of drug-likeness (QED) is 0.257. The van der Waals surface area contributed by atoms with Crippen molar-refractivity contribution in [2.75, 3.05) is 0 Å². The number of rotatable bonds is 2. The number of benzene rings is 2. The molecule has 25 heavy (non-hydrogen) atoms. The first-order chi connectivity index (χ1) is 11.4. The van der Waals surface area contributed by atoms with Crippen LogP contribution in [-0.2, 0) is 0 Å². The van der Waals surface area contributed by atoms with Crippen LogP contribution >= 0.6 is 0 Å². The van der Waals surface area contributed by atoms with Gasteiger partial charge in [-0.3, -0.25) is 0 Å². The van der Waals surface area contributed by atoms with Gasteiger partial charge in [0, 0.05) is 0 Å². The number of hydrogen-bond acceptors (Lipinski definition) is 0. The summed E-state index contributed by atoms with van der Waals surface area (Å²) >= 11 is -8.26. The summed E-state index contributed by atoms with van der Waals surface area (Å²) in [7, 11) is 0. The van der Waals surface area contributed by atoms with E-state index in [2.05, 4.69) is 0 Å². The summed E-state index contributed by atoms with van der Waals surface area (Å²) in [6.45, 7) is 0. The van der Waals surface area contributed by atoms with Gasteiger partial charge in [-0.25, -0.2) is 0 Å². The van der Waals surface area contributed by atoms with Gasteiger partial charge in [-0.15, -0.1) is 0 Å². The Bertz CT molecular complexity index is 761. The van der Waals surface area contributed by atoms with E-state index in [4.69, 9.17) is 0 Å². The van der Waals surface area contributed by atoms with Gasteiger partial charge in [0.1, 0.15) is 0 Å². The second-order valence-electron chi connectivity index (χ2n) is 4.27. The van der Waals surface area contributed by atoms with Gasteiger partial charge >= 0.3 is 134 Å². The zero-order chi connectivity index (χ0) is 19.4. The molecule has 13 heteroatoms. The molecule has 0 fully saturated rings. The summed E-state index contributed by atoms with van der Waals surface area (Å²) in [6, 6.07) is 0. The van der Waals surface area contributed by atoms with E-state index in [0.717, 1.165) is 0 Å². The SMILES string of the molecule is Fc1c(F)c(F)c([Te](F)(F)c2c(F)c(F)c(F)c(F)c2F)c(F)c1F. The Morgan fingerprint density at radius 1 is 0.320 bits per heavy atom. The van der Waals surface area contributed by atoms with Gasteiger partial charge in [0.05, 0.1) is 0 Å². The summed E-state index contributed by atoms with van der Waals surface area (Å²) in [5, 5.41) is 0. The molecular weight excluding hydrogens is 500 g/mol. The van der Waals surface area contributed by atoms with Crippen LogP contribution < -0.4 is 7.22 Å². The molecular formula is C12F12Te. The van der Waals surface area contributed by atoms with Crippen LogP contribution in [0.2, 0.25) is 0 Å². The molecule has 2 aromatic rings. The van der Waals surface area contributed by atoms with E-state index in [1.165, 1.54) is 0 Å². The molecule has 0 saturated carbocycles. The van der Waals surface area contributed by atoms with Gasteiger partial charge in [0.15, 0.2) is 0 Å². The molecule has 0 radical (unpaired) electrons. The fraction of sp³-hybridized carbons (Fsp3) is 0. The maximum atomic E-state index is 14.2. The Hall–Kier alpha value is -1.61. The average molecular weight is 500 g/mol. The zero-order valence-corrected chi connectivity index (χ0v) is 13.3. The molecule has 0 nitrogen and oxygen atoms in total. The van der Waals surface area contributed by atoms with E-state index in [1.54, 1.807) is 0 Å². The van der Waals surface area contributed by atoms with Crippen molar-refractivity contribution in [3.8, 4) is 0 Å². The van der Waals surface area contributed by atoms with E-state index in [0.29, 0.717) is 0 Å². The molecule has 0 N–H and O–H groups in total. The fourth-order valence-electron chi connectivity index (χ4n) is 1.72. The van der Waals surface area contributed by atoms with Crippen LogP contribution in [0.4, 0.5) is 49.7 Å². The molecule has 0 spiro atoms. The van der Waals surface area contributed by atoms with E-state index < -0.39 is 84.7 Å². The van der Waals surface area contributed by atoms with E-state index in [1.807, 2.05) is 0 Å². The van der Waals surface area contributed by atoms with E-state index >= 15 is 0 Å². The summed E-state index contributed by atoms with van der Waals surface area (Å²) in [5.74, 6) is -29.6. The second kappa shape index (κ2) is 6.28. The summed E-state index contributed by atoms with van der Waals surface area (Å²) in [6.07, 6.45) is 0. The summed E-state index contributed by atoms with van der Waals surface area (Å²) in [5.41, 5.74) is 0. The van der Waals surface area contributed by atoms with Crippen molar-refractivity contribution >= 4 is 26.5 Å². The Morgan fingerprint density at radius 3 is 0.680 bits per heavy atom. The summed E-state index contributed by atoms with van der Waals surface area (Å²) < 4.78 is 154. The van der Waals surface area contributed by atoms with Crippen LogP contribution in [0, 0.1) is 58.2 Å². The van der Waals surface area contributed by atoms with Crippen molar-refractivity contribution in [3.05, 3.63) is 58.2 Å². The van der Waals surface area contributed by atoms with Crippen LogP contribution in [0.5, 0.6) is 0 Å². The van der Waals surface area contributed by atoms with Gasteiger partial charge < -0.3 is 0 Å². The van der Waals surface area contributed by atoms with Gasteiger partial charge in [-0.2, -0.15) is 0 Å². The Balaban J connectivity index is 2.96. The number of halogens is 12. The second-order valence-corrected chi connectivity index (χ2v) is 9.27. The zero-order valence-electron chi connectivity index (χ0n) is 10.9. The summed E-state index contributed by atoms with van der Waals surface area (Å²) in [4.78, 5) is 0. The normalized spacial score (nSPS) is 12.6. The molecule has 0 atom stereocenters. The first-order valence-electron chi connectivity index (χ1n) is 5.61. The van der Waals surface area contributed by atoms with Gasteiger partial charge in [-0.05, 0) is 0 Å². The van der Waals surface area contributed by atoms with Crippen LogP contribution in [0.25, 0.3) is 0 Å². The first kappa shape index (κ1) is 19.7. The Kier molecular flexibility index (Phi) is 4.95. The average Bonchev–Trinajstić information content (AvgIpc) is 2.54. The van der Waals surface area contributed by atoms with Crippen LogP contribution in [0.3, 0.4) is 0 Å². The third-order valence-corrected chi connectivity index (χ3v) is 7.82. The van der Waals surface area contributed by atoms with Gasteiger partial charge in [0.2, 0.25) is 0 Å². The topological polar surface area (TPSA) is 0 Å². The molecule has 0 bridgehead atoms. The Labute approximate surface area is 135 Å². The monoisotopic (exact) mass is 502 g/mol.